The summed E-state index contributed by atoms with van der Waals surface area (Å²) in [5.41, 5.74) is 6.32. The maximum Gasteiger partial charge on any atom is 0.224 e. The number of hydrogen-bond acceptors (Lipinski definition) is 42. The van der Waals surface area contributed by atoms with Crippen molar-refractivity contribution in [2.75, 3.05) is 0 Å². The minimum absolute atomic E-state index is 0.0590. The molecule has 0 atom stereocenters. The van der Waals surface area contributed by atoms with Gasteiger partial charge in [0.05, 0.1) is 30.9 Å². The Labute approximate surface area is 283 Å². The van der Waals surface area contributed by atoms with Crippen molar-refractivity contribution in [2.45, 2.75) is 0 Å². The minimum atomic E-state index is 0.0590. The molecule has 0 aliphatic carbocycles. The third kappa shape index (κ3) is 37.6. The first kappa shape index (κ1) is 49.8. The average molecular weight is 829 g/mol. The highest BCUT2D eigenvalue weighted by atomic mass is 18.0. The van der Waals surface area contributed by atoms with Crippen molar-refractivity contribution in [3.63, 3.8) is 0 Å². The standard InChI is InChI=1S/C5H6N2O2.C5H3NO.H2O38/c6-5(7-8)4-1-2-9-3-4;1-6-5-2-3-7-4-5;1-3-5-7-9-11-13-15-17-19-21-23-25-27-29-31-33-35-37-38-36-34-32-30-28-26-24-22-20-18-16-14-12-10-8-6-4-2/h1-3,8H,(H2,6,7);2-4H;1-2H. The maximum atomic E-state index is 8.13. The lowest BCUT2D eigenvalue weighted by molar-refractivity contribution is -0.908. The third-order valence-corrected chi connectivity index (χ3v) is 2.54. The van der Waals surface area contributed by atoms with E-state index in [0.29, 0.717) is 11.3 Å². The van der Waals surface area contributed by atoms with Crippen LogP contribution in [0.5, 0.6) is 0 Å². The fraction of sp³-hybridized carbons (Fsp3) is 0. The highest BCUT2D eigenvalue weighted by molar-refractivity contribution is 5.96. The molecule has 0 aromatic carbocycles. The first-order valence-corrected chi connectivity index (χ1v) is 10.4. The minimum Gasteiger partial charge on any atom is -0.485 e. The number of nitrogens with zero attached hydrogens (tertiary/aromatic N) is 2. The Bertz CT molecular complexity index is 997. The Hall–Kier alpha value is -4.20. The van der Waals surface area contributed by atoms with Crippen LogP contribution in [-0.2, 0) is 181 Å². The molecule has 44 heteroatoms. The predicted octanol–water partition coefficient (Wildman–Crippen LogP) is -0.241. The summed E-state index contributed by atoms with van der Waals surface area (Å²) in [7, 11) is 0. The van der Waals surface area contributed by atoms with Gasteiger partial charge in [-0.3, -0.25) is 0 Å². The third-order valence-electron chi connectivity index (χ3n) is 2.54. The molecule has 5 N–H and O–H groups in total. The fourth-order valence-electron chi connectivity index (χ4n) is 1.18. The number of amidine groups is 1. The Morgan fingerprint density at radius 3 is 0.889 bits per heavy atom. The quantitative estimate of drug-likeness (QED) is 0.0131. The van der Waals surface area contributed by atoms with Gasteiger partial charge in [-0.25, -0.2) is 15.4 Å². The predicted molar refractivity (Wildman–Crippen MR) is 101 cm³/mol. The van der Waals surface area contributed by atoms with Crippen LogP contribution in [0.2, 0.25) is 0 Å². The van der Waals surface area contributed by atoms with Gasteiger partial charge in [0.2, 0.25) is 5.69 Å². The Morgan fingerprint density at radius 2 is 0.722 bits per heavy atom. The summed E-state index contributed by atoms with van der Waals surface area (Å²) >= 11 is 0. The van der Waals surface area contributed by atoms with Crippen molar-refractivity contribution in [3.8, 4) is 0 Å². The first-order valence-electron chi connectivity index (χ1n) is 10.4. The molecule has 0 amide bonds. The van der Waals surface area contributed by atoms with Crippen LogP contribution in [0.25, 0.3) is 4.85 Å². The number of rotatable bonds is 36. The lowest BCUT2D eigenvalue weighted by Crippen LogP contribution is -2.11. The highest BCUT2D eigenvalue weighted by Crippen LogP contribution is 2.09. The summed E-state index contributed by atoms with van der Waals surface area (Å²) in [6, 6.07) is 3.22. The van der Waals surface area contributed by atoms with Crippen LogP contribution in [-0.4, -0.2) is 21.6 Å². The van der Waals surface area contributed by atoms with Crippen LogP contribution in [0.4, 0.5) is 5.69 Å². The van der Waals surface area contributed by atoms with E-state index in [9.17, 15) is 0 Å². The van der Waals surface area contributed by atoms with Gasteiger partial charge in [0.1, 0.15) is 6.26 Å². The molecule has 0 spiro atoms. The number of furan rings is 2. The average Bonchev–Trinajstić information content (AvgIpc) is 3.94. The van der Waals surface area contributed by atoms with Gasteiger partial charge in [-0.2, -0.15) is 0 Å². The number of oxime groups is 1. The Balaban J connectivity index is 0.00000141. The molecule has 0 radical (unpaired) electrons. The van der Waals surface area contributed by atoms with E-state index in [4.69, 9.17) is 28.0 Å². The second-order valence-corrected chi connectivity index (χ2v) is 5.05. The van der Waals surface area contributed by atoms with E-state index in [1.807, 2.05) is 0 Å². The summed E-state index contributed by atoms with van der Waals surface area (Å²) in [6.45, 7) is 6.43. The molecule has 312 valence electrons. The van der Waals surface area contributed by atoms with Gasteiger partial charge in [0.25, 0.3) is 0 Å². The molecule has 54 heavy (non-hydrogen) atoms. The van der Waals surface area contributed by atoms with Gasteiger partial charge in [-0.05, 0) is 92.7 Å². The SMILES string of the molecule is N/C(=N\O)c1ccoc1.OOOOOOOOOOOOOOOOOOOOOOOOOOOOOOOOOOOOOO.[C-]#[N+]c1ccoc1. The van der Waals surface area contributed by atoms with Gasteiger partial charge in [0.15, 0.2) is 5.84 Å². The van der Waals surface area contributed by atoms with Gasteiger partial charge in [-0.1, -0.05) is 5.16 Å². The summed E-state index contributed by atoms with van der Waals surface area (Å²) in [5, 5.41) is 149. The van der Waals surface area contributed by atoms with Crippen molar-refractivity contribution in [1.82, 2.24) is 0 Å². The normalized spacial score (nSPS) is 11.1. The van der Waals surface area contributed by atoms with Gasteiger partial charge in [-0.15, -0.1) is 0 Å². The smallest absolute Gasteiger partial charge is 0.224 e. The summed E-state index contributed by atoms with van der Waals surface area (Å²) in [4.78, 5) is 3.09. The Kier molecular flexibility index (Phi) is 39.8. The molecule has 0 saturated carbocycles. The van der Waals surface area contributed by atoms with Crippen LogP contribution < -0.4 is 5.73 Å². The molecule has 2 heterocycles. The van der Waals surface area contributed by atoms with E-state index in [1.54, 1.807) is 12.1 Å². The fourth-order valence-corrected chi connectivity index (χ4v) is 1.18. The van der Waals surface area contributed by atoms with Crippen molar-refractivity contribution >= 4 is 11.5 Å². The lowest BCUT2D eigenvalue weighted by Gasteiger charge is -1.99. The van der Waals surface area contributed by atoms with Crippen LogP contribution >= 0.6 is 0 Å². The molecule has 2 aromatic rings. The second-order valence-electron chi connectivity index (χ2n) is 5.05. The molecule has 0 aliphatic rings. The van der Waals surface area contributed by atoms with Crippen LogP contribution in [0.15, 0.2) is 51.2 Å². The molecule has 0 saturated heterocycles. The van der Waals surface area contributed by atoms with Gasteiger partial charge in [0, 0.05) is 101 Å². The van der Waals surface area contributed by atoms with E-state index in [1.165, 1.54) is 25.1 Å². The molecule has 44 nitrogen and oxygen atoms in total. The zero-order chi connectivity index (χ0) is 39.3. The molecular formula is C10H11N3O41. The largest absolute Gasteiger partial charge is 0.485 e. The van der Waals surface area contributed by atoms with Gasteiger partial charge >= 0.3 is 0 Å². The lowest BCUT2D eigenvalue weighted by atomic mass is 10.3. The molecule has 2 aromatic heterocycles. The molecule has 2 rings (SSSR count). The summed E-state index contributed by atoms with van der Waals surface area (Å²) < 4.78 is 9.26. The van der Waals surface area contributed by atoms with E-state index in [2.05, 4.69) is 200 Å². The van der Waals surface area contributed by atoms with E-state index < -0.39 is 0 Å². The molecule has 0 unspecified atom stereocenters. The van der Waals surface area contributed by atoms with Crippen LogP contribution in [0, 0.1) is 6.57 Å². The molecular weight excluding hydrogens is 818 g/mol. The zero-order valence-electron chi connectivity index (χ0n) is 23.8. The van der Waals surface area contributed by atoms with E-state index in [-0.39, 0.29) is 5.84 Å². The first-order chi connectivity index (χ1) is 26.7. The number of hydrogen-bond donors (Lipinski definition) is 4. The molecule has 0 aliphatic heterocycles. The Morgan fingerprint density at radius 1 is 0.463 bits per heavy atom. The van der Waals surface area contributed by atoms with Crippen LogP contribution in [0.3, 0.4) is 0 Å². The molecule has 0 fully saturated rings. The molecule has 0 bridgehead atoms. The topological polar surface area (TPSA) is 462 Å². The van der Waals surface area contributed by atoms with Gasteiger partial charge < -0.3 is 19.8 Å². The van der Waals surface area contributed by atoms with Crippen molar-refractivity contribution in [3.05, 3.63) is 54.2 Å². The number of nitrogens with two attached hydrogens (primary N) is 1. The van der Waals surface area contributed by atoms with Crippen molar-refractivity contribution in [2.24, 2.45) is 10.9 Å². The van der Waals surface area contributed by atoms with E-state index in [0.717, 1.165) is 0 Å². The highest BCUT2D eigenvalue weighted by Gasteiger charge is 2.03. The van der Waals surface area contributed by atoms with Crippen LogP contribution in [0.1, 0.15) is 5.56 Å². The monoisotopic (exact) mass is 829 g/mol. The maximum absolute atomic E-state index is 8.13. The summed E-state index contributed by atoms with van der Waals surface area (Å²) in [5.74, 6) is 0.0590. The second kappa shape index (κ2) is 43.2. The summed E-state index contributed by atoms with van der Waals surface area (Å²) in [6.07, 6.45) is 5.74. The van der Waals surface area contributed by atoms with Crippen molar-refractivity contribution in [1.29, 1.82) is 0 Å². The van der Waals surface area contributed by atoms with E-state index >= 15 is 0 Å². The zero-order valence-corrected chi connectivity index (χ0v) is 23.8. The van der Waals surface area contributed by atoms with Crippen molar-refractivity contribution < 1.29 is 206 Å².